The lowest BCUT2D eigenvalue weighted by molar-refractivity contribution is -0.137. The largest absolute Gasteiger partial charge is 0.416 e. The Morgan fingerprint density at radius 1 is 1.00 bits per heavy atom. The fraction of sp³-hybridized carbons (Fsp3) is 0.182. The molecule has 0 aliphatic heterocycles. The Morgan fingerprint density at radius 2 is 1.69 bits per heavy atom. The molecule has 1 unspecified atom stereocenters. The highest BCUT2D eigenvalue weighted by molar-refractivity contribution is 5.90. The molecule has 0 spiro atoms. The maximum absolute atomic E-state index is 14.4. The minimum absolute atomic E-state index is 0.0775. The number of hydrogen-bond donors (Lipinski definition) is 0. The predicted molar refractivity (Wildman–Crippen MR) is 97.3 cm³/mol. The van der Waals surface area contributed by atoms with Gasteiger partial charge in [0.05, 0.1) is 11.5 Å². The normalized spacial score (nSPS) is 12.6. The average Bonchev–Trinajstić information content (AvgIpc) is 2.63. The molecule has 0 fully saturated rings. The van der Waals surface area contributed by atoms with Gasteiger partial charge in [-0.1, -0.05) is 18.2 Å². The van der Waals surface area contributed by atoms with Crippen molar-refractivity contribution >= 4 is 5.78 Å². The van der Waals surface area contributed by atoms with Gasteiger partial charge in [-0.05, 0) is 48.4 Å². The summed E-state index contributed by atoms with van der Waals surface area (Å²) < 4.78 is 66.4. The SMILES string of the molecule is Cc1cc(CC(=O)C(c2ccc(C(F)(F)F)cc2)c2ccc(F)cc2F)ccn1. The van der Waals surface area contributed by atoms with Gasteiger partial charge in [-0.15, -0.1) is 0 Å². The summed E-state index contributed by atoms with van der Waals surface area (Å²) in [5.41, 5.74) is 0.550. The molecule has 1 heterocycles. The summed E-state index contributed by atoms with van der Waals surface area (Å²) in [5, 5.41) is 0. The lowest BCUT2D eigenvalue weighted by atomic mass is 9.84. The van der Waals surface area contributed by atoms with Crippen molar-refractivity contribution in [2.24, 2.45) is 0 Å². The van der Waals surface area contributed by atoms with Gasteiger partial charge in [-0.3, -0.25) is 9.78 Å². The van der Waals surface area contributed by atoms with E-state index in [4.69, 9.17) is 0 Å². The molecular weight excluding hydrogens is 389 g/mol. The highest BCUT2D eigenvalue weighted by atomic mass is 19.4. The van der Waals surface area contributed by atoms with E-state index >= 15 is 0 Å². The third-order valence-corrected chi connectivity index (χ3v) is 4.51. The summed E-state index contributed by atoms with van der Waals surface area (Å²) in [6.07, 6.45) is -3.08. The summed E-state index contributed by atoms with van der Waals surface area (Å²) in [4.78, 5) is 17.1. The van der Waals surface area contributed by atoms with Crippen LogP contribution in [-0.2, 0) is 17.4 Å². The van der Waals surface area contributed by atoms with E-state index in [0.717, 1.165) is 36.4 Å². The third kappa shape index (κ3) is 4.85. The van der Waals surface area contributed by atoms with Crippen molar-refractivity contribution in [2.75, 3.05) is 0 Å². The van der Waals surface area contributed by atoms with E-state index in [2.05, 4.69) is 4.98 Å². The number of Topliss-reactive ketones (excluding diaryl/α,β-unsaturated/α-hetero) is 1. The van der Waals surface area contributed by atoms with Crippen LogP contribution < -0.4 is 0 Å². The molecule has 0 amide bonds. The Kier molecular flexibility index (Phi) is 5.77. The molecular formula is C22H16F5NO. The Bertz CT molecular complexity index is 1030. The number of nitrogens with zero attached hydrogens (tertiary/aromatic N) is 1. The molecule has 3 aromatic rings. The number of carbonyl (C=O) groups excluding carboxylic acids is 1. The summed E-state index contributed by atoms with van der Waals surface area (Å²) in [5.74, 6) is -3.35. The number of pyridine rings is 1. The van der Waals surface area contributed by atoms with Crippen LogP contribution in [0, 0.1) is 18.6 Å². The summed E-state index contributed by atoms with van der Waals surface area (Å²) in [7, 11) is 0. The van der Waals surface area contributed by atoms with Gasteiger partial charge in [0.2, 0.25) is 0 Å². The van der Waals surface area contributed by atoms with Gasteiger partial charge in [0, 0.05) is 29.9 Å². The molecule has 0 bridgehead atoms. The van der Waals surface area contributed by atoms with E-state index in [-0.39, 0.29) is 17.5 Å². The van der Waals surface area contributed by atoms with Crippen molar-refractivity contribution < 1.29 is 26.7 Å². The van der Waals surface area contributed by atoms with E-state index in [9.17, 15) is 26.7 Å². The molecule has 0 aliphatic carbocycles. The molecule has 2 nitrogen and oxygen atoms in total. The van der Waals surface area contributed by atoms with E-state index in [1.165, 1.54) is 6.20 Å². The minimum atomic E-state index is -4.53. The molecule has 0 saturated carbocycles. The molecule has 29 heavy (non-hydrogen) atoms. The van der Waals surface area contributed by atoms with E-state index < -0.39 is 35.1 Å². The quantitative estimate of drug-likeness (QED) is 0.515. The first-order chi connectivity index (χ1) is 13.6. The number of benzene rings is 2. The van der Waals surface area contributed by atoms with E-state index in [1.807, 2.05) is 0 Å². The number of aromatic nitrogens is 1. The fourth-order valence-electron chi connectivity index (χ4n) is 3.16. The molecule has 0 N–H and O–H groups in total. The topological polar surface area (TPSA) is 30.0 Å². The zero-order valence-electron chi connectivity index (χ0n) is 15.3. The smallest absolute Gasteiger partial charge is 0.298 e. The van der Waals surface area contributed by atoms with Crippen molar-refractivity contribution in [2.45, 2.75) is 25.4 Å². The molecule has 3 rings (SSSR count). The van der Waals surface area contributed by atoms with Crippen LogP contribution in [0.25, 0.3) is 0 Å². The van der Waals surface area contributed by atoms with Gasteiger partial charge < -0.3 is 0 Å². The average molecular weight is 405 g/mol. The second-order valence-corrected chi connectivity index (χ2v) is 6.67. The van der Waals surface area contributed by atoms with E-state index in [1.54, 1.807) is 19.1 Å². The second kappa shape index (κ2) is 8.11. The van der Waals surface area contributed by atoms with Crippen molar-refractivity contribution in [1.29, 1.82) is 0 Å². The number of ketones is 1. The van der Waals surface area contributed by atoms with Crippen LogP contribution in [0.5, 0.6) is 0 Å². The maximum atomic E-state index is 14.4. The molecule has 0 saturated heterocycles. The number of aryl methyl sites for hydroxylation is 1. The zero-order chi connectivity index (χ0) is 21.2. The van der Waals surface area contributed by atoms with Crippen LogP contribution in [0.15, 0.2) is 60.8 Å². The molecule has 1 atom stereocenters. The molecule has 7 heteroatoms. The van der Waals surface area contributed by atoms with Crippen molar-refractivity contribution in [3.63, 3.8) is 0 Å². The Morgan fingerprint density at radius 3 is 2.28 bits per heavy atom. The first kappa shape index (κ1) is 20.6. The van der Waals surface area contributed by atoms with Crippen LogP contribution in [0.2, 0.25) is 0 Å². The molecule has 2 aromatic carbocycles. The predicted octanol–water partition coefficient (Wildman–Crippen LogP) is 5.63. The maximum Gasteiger partial charge on any atom is 0.416 e. The van der Waals surface area contributed by atoms with Crippen LogP contribution >= 0.6 is 0 Å². The van der Waals surface area contributed by atoms with Gasteiger partial charge in [0.25, 0.3) is 0 Å². The highest BCUT2D eigenvalue weighted by Crippen LogP contribution is 2.33. The number of alkyl halides is 3. The Hall–Kier alpha value is -3.09. The van der Waals surface area contributed by atoms with Crippen LogP contribution in [0.1, 0.15) is 33.9 Å². The third-order valence-electron chi connectivity index (χ3n) is 4.51. The monoisotopic (exact) mass is 405 g/mol. The van der Waals surface area contributed by atoms with Crippen LogP contribution in [0.4, 0.5) is 22.0 Å². The number of halogens is 5. The lowest BCUT2D eigenvalue weighted by Crippen LogP contribution is -2.18. The molecule has 1 aromatic heterocycles. The number of rotatable bonds is 5. The second-order valence-electron chi connectivity index (χ2n) is 6.67. The molecule has 0 radical (unpaired) electrons. The minimum Gasteiger partial charge on any atom is -0.298 e. The summed E-state index contributed by atoms with van der Waals surface area (Å²) >= 11 is 0. The molecule has 0 aliphatic rings. The van der Waals surface area contributed by atoms with Gasteiger partial charge in [-0.2, -0.15) is 13.2 Å². The van der Waals surface area contributed by atoms with Crippen molar-refractivity contribution in [1.82, 2.24) is 4.98 Å². The summed E-state index contributed by atoms with van der Waals surface area (Å²) in [6.45, 7) is 1.75. The van der Waals surface area contributed by atoms with Crippen molar-refractivity contribution in [3.05, 3.63) is 100 Å². The van der Waals surface area contributed by atoms with E-state index in [0.29, 0.717) is 17.3 Å². The summed E-state index contributed by atoms with van der Waals surface area (Å²) in [6, 6.07) is 10.1. The number of hydrogen-bond acceptors (Lipinski definition) is 2. The van der Waals surface area contributed by atoms with Crippen molar-refractivity contribution in [3.8, 4) is 0 Å². The highest BCUT2D eigenvalue weighted by Gasteiger charge is 2.31. The standard InChI is InChI=1S/C22H16F5NO/c1-13-10-14(8-9-28-13)11-20(29)21(18-7-6-17(23)12-19(18)24)15-2-4-16(5-3-15)22(25,26)27/h2-10,12,21H,11H2,1H3. The van der Waals surface area contributed by atoms with Crippen LogP contribution in [0.3, 0.4) is 0 Å². The first-order valence-corrected chi connectivity index (χ1v) is 8.71. The fourth-order valence-corrected chi connectivity index (χ4v) is 3.16. The number of carbonyl (C=O) groups is 1. The first-order valence-electron chi connectivity index (χ1n) is 8.71. The Labute approximate surface area is 164 Å². The van der Waals surface area contributed by atoms with Crippen LogP contribution in [-0.4, -0.2) is 10.8 Å². The zero-order valence-corrected chi connectivity index (χ0v) is 15.3. The van der Waals surface area contributed by atoms with Gasteiger partial charge in [0.1, 0.15) is 17.4 Å². The molecule has 150 valence electrons. The van der Waals surface area contributed by atoms with Gasteiger partial charge in [0.15, 0.2) is 0 Å². The lowest BCUT2D eigenvalue weighted by Gasteiger charge is -2.19. The van der Waals surface area contributed by atoms with Gasteiger partial charge in [-0.25, -0.2) is 8.78 Å². The Balaban J connectivity index is 2.03. The van der Waals surface area contributed by atoms with Gasteiger partial charge >= 0.3 is 6.18 Å².